The first-order valence-electron chi connectivity index (χ1n) is 6.02. The molecule has 0 bridgehead atoms. The quantitative estimate of drug-likeness (QED) is 0.915. The Bertz CT molecular complexity index is 704. The molecule has 110 valence electrons. The monoisotopic (exact) mass is 295 g/mol. The van der Waals surface area contributed by atoms with E-state index < -0.39 is 23.4 Å². The highest BCUT2D eigenvalue weighted by atomic mass is 19.1. The number of nitrogens with one attached hydrogen (secondary N) is 2. The first-order chi connectivity index (χ1) is 9.92. The van der Waals surface area contributed by atoms with Crippen LogP contribution in [0.3, 0.4) is 0 Å². The molecule has 0 saturated heterocycles. The second kappa shape index (κ2) is 5.82. The van der Waals surface area contributed by atoms with Crippen LogP contribution in [0.2, 0.25) is 0 Å². The van der Waals surface area contributed by atoms with Gasteiger partial charge in [0.15, 0.2) is 0 Å². The lowest BCUT2D eigenvalue weighted by molar-refractivity contribution is 0.102. The molecule has 0 aliphatic rings. The lowest BCUT2D eigenvalue weighted by atomic mass is 10.2. The number of carbonyl (C=O) groups excluding carboxylic acids is 1. The summed E-state index contributed by atoms with van der Waals surface area (Å²) in [5.41, 5.74) is -0.318. The Morgan fingerprint density at radius 1 is 1.14 bits per heavy atom. The van der Waals surface area contributed by atoms with E-state index in [1.54, 1.807) is 0 Å². The third-order valence-electron chi connectivity index (χ3n) is 2.83. The minimum atomic E-state index is -0.798. The number of nitrogens with zero attached hydrogens (tertiary/aromatic N) is 1. The molecule has 4 nitrogen and oxygen atoms in total. The van der Waals surface area contributed by atoms with Crippen LogP contribution in [-0.4, -0.2) is 17.9 Å². The molecular formula is C14H12F3N3O. The van der Waals surface area contributed by atoms with Gasteiger partial charge in [0.25, 0.3) is 5.91 Å². The van der Waals surface area contributed by atoms with E-state index in [-0.39, 0.29) is 22.6 Å². The number of aromatic nitrogens is 1. The van der Waals surface area contributed by atoms with Crippen LogP contribution >= 0.6 is 0 Å². The smallest absolute Gasteiger partial charge is 0.259 e. The van der Waals surface area contributed by atoms with Gasteiger partial charge in [0, 0.05) is 13.1 Å². The van der Waals surface area contributed by atoms with E-state index in [1.165, 1.54) is 14.0 Å². The van der Waals surface area contributed by atoms with E-state index in [0.717, 1.165) is 24.4 Å². The van der Waals surface area contributed by atoms with Crippen molar-refractivity contribution in [1.82, 2.24) is 4.98 Å². The summed E-state index contributed by atoms with van der Waals surface area (Å²) in [5.74, 6) is -2.82. The predicted octanol–water partition coefficient (Wildman–Crippen LogP) is 3.10. The number of carbonyl (C=O) groups is 1. The van der Waals surface area contributed by atoms with E-state index in [4.69, 9.17) is 0 Å². The molecular weight excluding hydrogens is 283 g/mol. The molecule has 0 spiro atoms. The Morgan fingerprint density at radius 2 is 1.86 bits per heavy atom. The van der Waals surface area contributed by atoms with Crippen molar-refractivity contribution in [1.29, 1.82) is 0 Å². The molecule has 7 heteroatoms. The van der Waals surface area contributed by atoms with Crippen LogP contribution in [0.25, 0.3) is 0 Å². The van der Waals surface area contributed by atoms with E-state index >= 15 is 0 Å². The lowest BCUT2D eigenvalue weighted by Crippen LogP contribution is -2.16. The van der Waals surface area contributed by atoms with Gasteiger partial charge in [-0.2, -0.15) is 0 Å². The zero-order valence-corrected chi connectivity index (χ0v) is 11.3. The fraction of sp³-hybridized carbons (Fsp3) is 0.143. The van der Waals surface area contributed by atoms with Gasteiger partial charge < -0.3 is 10.6 Å². The summed E-state index contributed by atoms with van der Waals surface area (Å²) in [6, 6.07) is 2.79. The molecule has 2 rings (SSSR count). The van der Waals surface area contributed by atoms with Crippen molar-refractivity contribution in [2.45, 2.75) is 6.92 Å². The summed E-state index contributed by atoms with van der Waals surface area (Å²) in [5, 5.41) is 4.81. The number of hydrogen-bond donors (Lipinski definition) is 2. The van der Waals surface area contributed by atoms with Crippen LogP contribution in [0.5, 0.6) is 0 Å². The third-order valence-corrected chi connectivity index (χ3v) is 2.83. The van der Waals surface area contributed by atoms with Crippen LogP contribution in [0.15, 0.2) is 24.4 Å². The standard InChI is InChI=1S/C14H12F3N3O/c1-7-3-11(17)12(5-10(7)16)20-14(21)9-4-8(15)6-19-13(9)18-2/h3-6H,1-2H3,(H,18,19)(H,20,21). The van der Waals surface area contributed by atoms with E-state index in [1.807, 2.05) is 0 Å². The molecule has 1 aromatic heterocycles. The zero-order valence-electron chi connectivity index (χ0n) is 11.3. The minimum absolute atomic E-state index is 0.113. The Balaban J connectivity index is 2.34. The molecule has 0 saturated carbocycles. The molecule has 0 fully saturated rings. The molecule has 0 aliphatic carbocycles. The third kappa shape index (κ3) is 3.13. The zero-order chi connectivity index (χ0) is 15.6. The Kier molecular flexibility index (Phi) is 4.11. The number of halogens is 3. The molecule has 21 heavy (non-hydrogen) atoms. The van der Waals surface area contributed by atoms with Crippen LogP contribution in [-0.2, 0) is 0 Å². The van der Waals surface area contributed by atoms with Gasteiger partial charge >= 0.3 is 0 Å². The molecule has 0 radical (unpaired) electrons. The van der Waals surface area contributed by atoms with E-state index in [2.05, 4.69) is 15.6 Å². The first-order valence-corrected chi connectivity index (χ1v) is 6.02. The number of amides is 1. The predicted molar refractivity (Wildman–Crippen MR) is 72.8 cm³/mol. The fourth-order valence-electron chi connectivity index (χ4n) is 1.74. The number of rotatable bonds is 3. The van der Waals surface area contributed by atoms with Crippen molar-refractivity contribution in [3.05, 3.63) is 53.0 Å². The summed E-state index contributed by atoms with van der Waals surface area (Å²) < 4.78 is 40.3. The second-order valence-electron chi connectivity index (χ2n) is 4.34. The van der Waals surface area contributed by atoms with Gasteiger partial charge in [-0.25, -0.2) is 18.2 Å². The summed E-state index contributed by atoms with van der Waals surface area (Å²) in [6.07, 6.45) is 0.939. The Hall–Kier alpha value is -2.57. The van der Waals surface area contributed by atoms with Gasteiger partial charge in [0.05, 0.1) is 17.4 Å². The van der Waals surface area contributed by atoms with Crippen molar-refractivity contribution in [3.8, 4) is 0 Å². The largest absolute Gasteiger partial charge is 0.372 e. The molecule has 1 amide bonds. The van der Waals surface area contributed by atoms with Gasteiger partial charge in [0.1, 0.15) is 23.3 Å². The number of hydrogen-bond acceptors (Lipinski definition) is 3. The fourth-order valence-corrected chi connectivity index (χ4v) is 1.74. The van der Waals surface area contributed by atoms with Gasteiger partial charge in [0.2, 0.25) is 0 Å². The average Bonchev–Trinajstić information content (AvgIpc) is 2.44. The highest BCUT2D eigenvalue weighted by Crippen LogP contribution is 2.21. The number of aryl methyl sites for hydroxylation is 1. The maximum atomic E-state index is 13.7. The van der Waals surface area contributed by atoms with Crippen molar-refractivity contribution in [2.24, 2.45) is 0 Å². The Morgan fingerprint density at radius 3 is 2.52 bits per heavy atom. The van der Waals surface area contributed by atoms with Gasteiger partial charge in [-0.1, -0.05) is 0 Å². The van der Waals surface area contributed by atoms with Gasteiger partial charge in [-0.3, -0.25) is 4.79 Å². The van der Waals surface area contributed by atoms with Crippen molar-refractivity contribution < 1.29 is 18.0 Å². The average molecular weight is 295 g/mol. The van der Waals surface area contributed by atoms with Crippen LogP contribution in [0, 0.1) is 24.4 Å². The lowest BCUT2D eigenvalue weighted by Gasteiger charge is -2.10. The van der Waals surface area contributed by atoms with Crippen molar-refractivity contribution in [3.63, 3.8) is 0 Å². The van der Waals surface area contributed by atoms with E-state index in [9.17, 15) is 18.0 Å². The number of pyridine rings is 1. The first kappa shape index (κ1) is 14.8. The topological polar surface area (TPSA) is 54.0 Å². The molecule has 2 N–H and O–H groups in total. The van der Waals surface area contributed by atoms with Crippen molar-refractivity contribution in [2.75, 3.05) is 17.7 Å². The molecule has 0 aliphatic heterocycles. The molecule has 2 aromatic rings. The maximum Gasteiger partial charge on any atom is 0.259 e. The van der Waals surface area contributed by atoms with E-state index in [0.29, 0.717) is 0 Å². The molecule has 1 aromatic carbocycles. The summed E-state index contributed by atoms with van der Waals surface area (Å²) in [6.45, 7) is 1.40. The minimum Gasteiger partial charge on any atom is -0.372 e. The normalized spacial score (nSPS) is 10.3. The second-order valence-corrected chi connectivity index (χ2v) is 4.34. The van der Waals surface area contributed by atoms with Crippen LogP contribution in [0.1, 0.15) is 15.9 Å². The summed E-state index contributed by atoms with van der Waals surface area (Å²) in [4.78, 5) is 15.7. The molecule has 0 atom stereocenters. The SMILES string of the molecule is CNc1ncc(F)cc1C(=O)Nc1cc(F)c(C)cc1F. The highest BCUT2D eigenvalue weighted by molar-refractivity contribution is 6.07. The van der Waals surface area contributed by atoms with Gasteiger partial charge in [-0.15, -0.1) is 0 Å². The Labute approximate surface area is 119 Å². The summed E-state index contributed by atoms with van der Waals surface area (Å²) in [7, 11) is 1.50. The number of anilines is 2. The summed E-state index contributed by atoms with van der Waals surface area (Å²) >= 11 is 0. The maximum absolute atomic E-state index is 13.7. The van der Waals surface area contributed by atoms with Crippen LogP contribution in [0.4, 0.5) is 24.7 Å². The molecule has 1 heterocycles. The van der Waals surface area contributed by atoms with Crippen LogP contribution < -0.4 is 10.6 Å². The van der Waals surface area contributed by atoms with Gasteiger partial charge in [-0.05, 0) is 24.6 Å². The number of benzene rings is 1. The highest BCUT2D eigenvalue weighted by Gasteiger charge is 2.16. The molecule has 0 unspecified atom stereocenters. The van der Waals surface area contributed by atoms with Crippen molar-refractivity contribution >= 4 is 17.4 Å².